The van der Waals surface area contributed by atoms with Crippen LogP contribution in [0.15, 0.2) is 73.1 Å². The highest BCUT2D eigenvalue weighted by atomic mass is 19.4. The zero-order valence-electron chi connectivity index (χ0n) is 21.8. The highest BCUT2D eigenvalue weighted by Crippen LogP contribution is 2.35. The number of aromatic nitrogens is 1. The molecule has 2 aromatic carbocycles. The summed E-state index contributed by atoms with van der Waals surface area (Å²) < 4.78 is 85.9. The second-order valence-corrected chi connectivity index (χ2v) is 9.71. The molecule has 1 fully saturated rings. The van der Waals surface area contributed by atoms with Gasteiger partial charge in [0, 0.05) is 25.5 Å². The van der Waals surface area contributed by atoms with Gasteiger partial charge >= 0.3 is 12.4 Å². The molecule has 1 N–H and O–H groups in total. The molecule has 0 spiro atoms. The van der Waals surface area contributed by atoms with E-state index in [1.807, 2.05) is 30.3 Å². The van der Waals surface area contributed by atoms with Crippen LogP contribution in [0.5, 0.6) is 5.75 Å². The van der Waals surface area contributed by atoms with Crippen molar-refractivity contribution in [1.82, 2.24) is 15.2 Å². The molecule has 0 saturated carbocycles. The number of aryl methyl sites for hydroxylation is 1. The summed E-state index contributed by atoms with van der Waals surface area (Å²) in [5, 5.41) is 2.78. The minimum atomic E-state index is -4.81. The number of ether oxygens (including phenoxy) is 1. The molecular formula is C29H27F6N3O3. The number of alkyl halides is 6. The third-order valence-electron chi connectivity index (χ3n) is 6.78. The lowest BCUT2D eigenvalue weighted by molar-refractivity contribution is -0.142. The summed E-state index contributed by atoms with van der Waals surface area (Å²) in [6.07, 6.45) is -6.13. The minimum Gasteiger partial charge on any atom is -0.476 e. The van der Waals surface area contributed by atoms with Crippen molar-refractivity contribution in [1.29, 1.82) is 0 Å². The molecule has 0 bridgehead atoms. The molecule has 1 unspecified atom stereocenters. The molecule has 3 aromatic rings. The van der Waals surface area contributed by atoms with Gasteiger partial charge in [0.1, 0.15) is 5.75 Å². The van der Waals surface area contributed by atoms with Crippen LogP contribution >= 0.6 is 0 Å². The predicted octanol–water partition coefficient (Wildman–Crippen LogP) is 5.92. The van der Waals surface area contributed by atoms with Crippen molar-refractivity contribution in [2.75, 3.05) is 19.6 Å². The summed E-state index contributed by atoms with van der Waals surface area (Å²) in [7, 11) is 0. The van der Waals surface area contributed by atoms with Gasteiger partial charge in [-0.1, -0.05) is 30.3 Å². The smallest absolute Gasteiger partial charge is 0.417 e. The number of nitrogens with one attached hydrogen (secondary N) is 1. The van der Waals surface area contributed by atoms with Gasteiger partial charge in [-0.3, -0.25) is 14.6 Å². The Morgan fingerprint density at radius 3 is 2.32 bits per heavy atom. The van der Waals surface area contributed by atoms with Crippen molar-refractivity contribution in [3.8, 4) is 5.75 Å². The molecule has 41 heavy (non-hydrogen) atoms. The number of pyridine rings is 1. The van der Waals surface area contributed by atoms with Crippen LogP contribution in [0.4, 0.5) is 26.3 Å². The maximum Gasteiger partial charge on any atom is 0.417 e. The molecule has 0 radical (unpaired) electrons. The highest BCUT2D eigenvalue weighted by molar-refractivity contribution is 5.96. The van der Waals surface area contributed by atoms with E-state index in [4.69, 9.17) is 4.74 Å². The van der Waals surface area contributed by atoms with Crippen molar-refractivity contribution in [2.24, 2.45) is 0 Å². The number of hydrogen-bond acceptors (Lipinski definition) is 4. The zero-order valence-corrected chi connectivity index (χ0v) is 21.8. The van der Waals surface area contributed by atoms with Crippen LogP contribution in [0.25, 0.3) is 0 Å². The second-order valence-electron chi connectivity index (χ2n) is 9.71. The van der Waals surface area contributed by atoms with Gasteiger partial charge in [0.2, 0.25) is 5.60 Å². The number of nitrogens with zero attached hydrogens (tertiary/aromatic N) is 2. The Morgan fingerprint density at radius 1 is 0.951 bits per heavy atom. The van der Waals surface area contributed by atoms with Crippen molar-refractivity contribution in [3.05, 3.63) is 95.3 Å². The Morgan fingerprint density at radius 2 is 1.66 bits per heavy atom. The largest absolute Gasteiger partial charge is 0.476 e. The molecule has 218 valence electrons. The van der Waals surface area contributed by atoms with Crippen molar-refractivity contribution >= 4 is 11.8 Å². The topological polar surface area (TPSA) is 71.5 Å². The monoisotopic (exact) mass is 579 g/mol. The number of benzene rings is 2. The first-order chi connectivity index (χ1) is 19.4. The first-order valence-corrected chi connectivity index (χ1v) is 12.9. The predicted molar refractivity (Wildman–Crippen MR) is 137 cm³/mol. The van der Waals surface area contributed by atoms with Crippen molar-refractivity contribution in [3.63, 3.8) is 0 Å². The van der Waals surface area contributed by atoms with Gasteiger partial charge < -0.3 is 15.0 Å². The van der Waals surface area contributed by atoms with Gasteiger partial charge in [-0.25, -0.2) is 0 Å². The Kier molecular flexibility index (Phi) is 8.89. The van der Waals surface area contributed by atoms with E-state index >= 15 is 0 Å². The molecule has 1 saturated heterocycles. The van der Waals surface area contributed by atoms with Gasteiger partial charge in [-0.15, -0.1) is 0 Å². The third-order valence-corrected chi connectivity index (χ3v) is 6.78. The van der Waals surface area contributed by atoms with Crippen molar-refractivity contribution in [2.45, 2.75) is 43.6 Å². The molecule has 6 nitrogen and oxygen atoms in total. The summed E-state index contributed by atoms with van der Waals surface area (Å²) in [5.74, 6) is -1.66. The number of carbonyl (C=O) groups excluding carboxylic acids is 2. The standard InChI is InChI=1S/C29H27F6N3O3/c30-28(31,32)21-9-11-22(12-10-21)41-27(26(40)37-15-4-8-20-6-2-1-3-7-20)14-5-17-38(19-27)25(39)23-18-36-16-13-24(23)29(33,34)35/h1-3,6-7,9-13,16,18H,4-5,8,14-15,17,19H2,(H,37,40). The van der Waals surface area contributed by atoms with Gasteiger partial charge in [-0.2, -0.15) is 26.3 Å². The molecule has 2 amide bonds. The average Bonchev–Trinajstić information content (AvgIpc) is 2.95. The van der Waals surface area contributed by atoms with Crippen LogP contribution in [0, 0.1) is 0 Å². The molecular weight excluding hydrogens is 552 g/mol. The molecule has 2 heterocycles. The van der Waals surface area contributed by atoms with Gasteiger partial charge in [-0.05, 0) is 61.6 Å². The van der Waals surface area contributed by atoms with Gasteiger partial charge in [0.05, 0.1) is 23.2 Å². The Bertz CT molecular complexity index is 1350. The molecule has 1 aliphatic heterocycles. The summed E-state index contributed by atoms with van der Waals surface area (Å²) in [6, 6.07) is 14.0. The molecule has 1 aliphatic rings. The van der Waals surface area contributed by atoms with Gasteiger partial charge in [0.15, 0.2) is 0 Å². The third kappa shape index (κ3) is 7.36. The fraction of sp³-hybridized carbons (Fsp3) is 0.345. The quantitative estimate of drug-likeness (QED) is 0.266. The van der Waals surface area contributed by atoms with Crippen LogP contribution in [0.3, 0.4) is 0 Å². The average molecular weight is 580 g/mol. The lowest BCUT2D eigenvalue weighted by Gasteiger charge is -2.41. The van der Waals surface area contributed by atoms with E-state index in [1.54, 1.807) is 0 Å². The van der Waals surface area contributed by atoms with Crippen LogP contribution in [0.1, 0.15) is 46.3 Å². The fourth-order valence-electron chi connectivity index (χ4n) is 4.73. The van der Waals surface area contributed by atoms with Crippen LogP contribution in [-0.4, -0.2) is 46.9 Å². The number of hydrogen-bond donors (Lipinski definition) is 1. The lowest BCUT2D eigenvalue weighted by atomic mass is 9.90. The maximum atomic E-state index is 13.6. The van der Waals surface area contributed by atoms with E-state index in [0.29, 0.717) is 18.9 Å². The molecule has 12 heteroatoms. The Labute approximate surface area is 232 Å². The van der Waals surface area contributed by atoms with Crippen LogP contribution in [0.2, 0.25) is 0 Å². The molecule has 4 rings (SSSR count). The maximum absolute atomic E-state index is 13.6. The fourth-order valence-corrected chi connectivity index (χ4v) is 4.73. The Hall–Kier alpha value is -4.09. The van der Waals surface area contributed by atoms with Crippen LogP contribution < -0.4 is 10.1 Å². The Balaban J connectivity index is 1.57. The summed E-state index contributed by atoms with van der Waals surface area (Å²) >= 11 is 0. The van der Waals surface area contributed by atoms with Crippen LogP contribution in [-0.2, 0) is 23.6 Å². The van der Waals surface area contributed by atoms with Crippen molar-refractivity contribution < 1.29 is 40.7 Å². The number of halogens is 6. The normalized spacial score (nSPS) is 17.7. The number of likely N-dealkylation sites (tertiary alicyclic amines) is 1. The second kappa shape index (κ2) is 12.2. The highest BCUT2D eigenvalue weighted by Gasteiger charge is 2.47. The summed E-state index contributed by atoms with van der Waals surface area (Å²) in [4.78, 5) is 31.6. The molecule has 0 aliphatic carbocycles. The first-order valence-electron chi connectivity index (χ1n) is 12.9. The van der Waals surface area contributed by atoms with E-state index in [-0.39, 0.29) is 31.7 Å². The first kappa shape index (κ1) is 29.9. The van der Waals surface area contributed by atoms with E-state index in [2.05, 4.69) is 10.3 Å². The number of amides is 2. The molecule has 1 atom stereocenters. The number of carbonyl (C=O) groups is 2. The summed E-state index contributed by atoms with van der Waals surface area (Å²) in [6.45, 7) is -0.130. The van der Waals surface area contributed by atoms with E-state index in [1.165, 1.54) is 0 Å². The SMILES string of the molecule is O=C(c1cnccc1C(F)(F)F)N1CCCC(Oc2ccc(C(F)(F)F)cc2)(C(=O)NCCCc2ccccc2)C1. The summed E-state index contributed by atoms with van der Waals surface area (Å²) in [5.41, 5.74) is -3.44. The number of piperidine rings is 1. The van der Waals surface area contributed by atoms with E-state index < -0.39 is 53.0 Å². The molecule has 1 aromatic heterocycles. The van der Waals surface area contributed by atoms with E-state index in [0.717, 1.165) is 47.1 Å². The van der Waals surface area contributed by atoms with E-state index in [9.17, 15) is 35.9 Å². The van der Waals surface area contributed by atoms with Gasteiger partial charge in [0.25, 0.3) is 11.8 Å². The number of rotatable bonds is 8. The zero-order chi connectivity index (χ0) is 29.7. The lowest BCUT2D eigenvalue weighted by Crippen LogP contribution is -2.61. The minimum absolute atomic E-state index is 0.0461.